The summed E-state index contributed by atoms with van der Waals surface area (Å²) in [5.41, 5.74) is 1.90. The smallest absolute Gasteiger partial charge is 0.258 e. The van der Waals surface area contributed by atoms with Crippen molar-refractivity contribution in [2.24, 2.45) is 20.5 Å². The summed E-state index contributed by atoms with van der Waals surface area (Å²) in [6.07, 6.45) is 0. The number of carbonyl (C=O) groups excluding carboxylic acids is 6. The molecule has 4 amide bonds. The number of benzene rings is 5. The maximum absolute atomic E-state index is 13.4. The molecule has 5 aromatic rings. The minimum absolute atomic E-state index is 0.00897. The van der Waals surface area contributed by atoms with Crippen LogP contribution in [0.15, 0.2) is 93.3 Å². The van der Waals surface area contributed by atoms with Crippen LogP contribution in [0.2, 0.25) is 40.2 Å². The number of aryl methyl sites for hydroxylation is 2. The van der Waals surface area contributed by atoms with Gasteiger partial charge in [0.2, 0.25) is 12.1 Å². The number of ketones is 2. The molecule has 14 nitrogen and oxygen atoms in total. The van der Waals surface area contributed by atoms with Gasteiger partial charge in [-0.05, 0) is 99.5 Å². The molecule has 0 saturated heterocycles. The quantitative estimate of drug-likeness (QED) is 0.0484. The van der Waals surface area contributed by atoms with Crippen LogP contribution in [0.1, 0.15) is 45.7 Å². The second-order valence-corrected chi connectivity index (χ2v) is 16.8. The van der Waals surface area contributed by atoms with Crippen molar-refractivity contribution in [2.45, 2.75) is 39.8 Å². The standard InChI is InChI=1S/C42H30Cl8N8O6/c1-17-11-21(53-41(63)37(19(3)59)57-55-30-9-5-7-24(32(30)47)39(61)51-22-13-26(43)34(49)27(44)14-22)12-18(2)36(17)54-42(64)38(20(4)60)58-56-31-10-6-8-25(33(31)48)40(62)52-23-15-28(45)35(50)29(46)16-23/h5-16,37-38H,1-4H3,(H,51,61)(H,52,62)(H,53,63)(H,54,64). The van der Waals surface area contributed by atoms with Gasteiger partial charge in [-0.15, -0.1) is 0 Å². The lowest BCUT2D eigenvalue weighted by atomic mass is 10.1. The van der Waals surface area contributed by atoms with E-state index in [2.05, 4.69) is 41.7 Å². The van der Waals surface area contributed by atoms with E-state index in [-0.39, 0.29) is 79.7 Å². The lowest BCUT2D eigenvalue weighted by Gasteiger charge is -2.17. The number of halogens is 8. The molecule has 0 saturated carbocycles. The van der Waals surface area contributed by atoms with E-state index < -0.39 is 47.3 Å². The zero-order valence-electron chi connectivity index (χ0n) is 33.3. The van der Waals surface area contributed by atoms with Crippen LogP contribution in [0.3, 0.4) is 0 Å². The third-order valence-electron chi connectivity index (χ3n) is 8.81. The predicted octanol–water partition coefficient (Wildman–Crippen LogP) is 13.4. The Hall–Kier alpha value is -5.16. The Labute approximate surface area is 405 Å². The molecule has 64 heavy (non-hydrogen) atoms. The van der Waals surface area contributed by atoms with E-state index in [1.165, 1.54) is 72.8 Å². The zero-order valence-corrected chi connectivity index (χ0v) is 39.4. The van der Waals surface area contributed by atoms with Crippen molar-refractivity contribution in [3.05, 3.63) is 135 Å². The zero-order chi connectivity index (χ0) is 47.2. The highest BCUT2D eigenvalue weighted by atomic mass is 35.5. The van der Waals surface area contributed by atoms with Crippen molar-refractivity contribution < 1.29 is 28.8 Å². The number of hydrogen-bond donors (Lipinski definition) is 4. The summed E-state index contributed by atoms with van der Waals surface area (Å²) in [6, 6.07) is 14.0. The highest BCUT2D eigenvalue weighted by Gasteiger charge is 2.27. The topological polar surface area (TPSA) is 200 Å². The number of hydrogen-bond acceptors (Lipinski definition) is 10. The van der Waals surface area contributed by atoms with E-state index in [1.54, 1.807) is 13.8 Å². The van der Waals surface area contributed by atoms with Crippen LogP contribution in [0.25, 0.3) is 0 Å². The number of nitrogens with zero attached hydrogens (tertiary/aromatic N) is 4. The second-order valence-electron chi connectivity index (χ2n) is 13.6. The summed E-state index contributed by atoms with van der Waals surface area (Å²) in [6.45, 7) is 5.56. The van der Waals surface area contributed by atoms with Crippen molar-refractivity contribution in [2.75, 3.05) is 21.3 Å². The molecule has 2 unspecified atom stereocenters. The number of azo groups is 2. The summed E-state index contributed by atoms with van der Waals surface area (Å²) in [4.78, 5) is 78.2. The van der Waals surface area contributed by atoms with Gasteiger partial charge in [0.1, 0.15) is 11.4 Å². The van der Waals surface area contributed by atoms with Crippen LogP contribution in [-0.4, -0.2) is 47.3 Å². The van der Waals surface area contributed by atoms with Crippen molar-refractivity contribution in [1.29, 1.82) is 0 Å². The molecule has 330 valence electrons. The van der Waals surface area contributed by atoms with E-state index in [4.69, 9.17) is 92.8 Å². The van der Waals surface area contributed by atoms with Crippen LogP contribution >= 0.6 is 92.8 Å². The summed E-state index contributed by atoms with van der Waals surface area (Å²) in [5, 5.41) is 26.9. The highest BCUT2D eigenvalue weighted by Crippen LogP contribution is 2.36. The molecule has 0 bridgehead atoms. The first kappa shape index (κ1) is 49.8. The molecule has 0 aliphatic carbocycles. The highest BCUT2D eigenvalue weighted by molar-refractivity contribution is 6.49. The molecule has 5 aromatic carbocycles. The Kier molecular flexibility index (Phi) is 16.9. The minimum atomic E-state index is -1.63. The molecule has 0 aliphatic rings. The molecule has 2 atom stereocenters. The molecule has 0 aliphatic heterocycles. The Morgan fingerprint density at radius 2 is 0.812 bits per heavy atom. The molecule has 22 heteroatoms. The third-order valence-corrected chi connectivity index (χ3v) is 12.0. The van der Waals surface area contributed by atoms with Crippen LogP contribution in [-0.2, 0) is 19.2 Å². The molecule has 0 radical (unpaired) electrons. The van der Waals surface area contributed by atoms with Gasteiger partial charge in [0.05, 0.1) is 51.3 Å². The van der Waals surface area contributed by atoms with Gasteiger partial charge in [-0.3, -0.25) is 28.8 Å². The number of Topliss-reactive ketones (excluding diaryl/α,β-unsaturated/α-hetero) is 2. The van der Waals surface area contributed by atoms with Gasteiger partial charge in [-0.2, -0.15) is 20.5 Å². The number of nitrogens with one attached hydrogen (secondary N) is 4. The van der Waals surface area contributed by atoms with Gasteiger partial charge in [0, 0.05) is 22.7 Å². The average molecular weight is 1030 g/mol. The summed E-state index contributed by atoms with van der Waals surface area (Å²) in [7, 11) is 0. The van der Waals surface area contributed by atoms with Crippen molar-refractivity contribution in [3.8, 4) is 0 Å². The van der Waals surface area contributed by atoms with Gasteiger partial charge in [0.25, 0.3) is 23.6 Å². The number of carbonyl (C=O) groups is 6. The van der Waals surface area contributed by atoms with Crippen LogP contribution in [0.5, 0.6) is 0 Å². The summed E-state index contributed by atoms with van der Waals surface area (Å²) < 4.78 is 0. The fourth-order valence-corrected chi connectivity index (χ4v) is 7.40. The lowest BCUT2D eigenvalue weighted by Crippen LogP contribution is -2.33. The molecule has 0 fully saturated rings. The van der Waals surface area contributed by atoms with Crippen molar-refractivity contribution in [3.63, 3.8) is 0 Å². The molecule has 5 rings (SSSR count). The Morgan fingerprint density at radius 1 is 0.469 bits per heavy atom. The summed E-state index contributed by atoms with van der Waals surface area (Å²) in [5.74, 6) is -4.28. The first-order chi connectivity index (χ1) is 30.2. The van der Waals surface area contributed by atoms with Gasteiger partial charge < -0.3 is 21.3 Å². The van der Waals surface area contributed by atoms with Gasteiger partial charge in [0.15, 0.2) is 11.6 Å². The molecule has 0 aromatic heterocycles. The summed E-state index contributed by atoms with van der Waals surface area (Å²) >= 11 is 49.3. The largest absolute Gasteiger partial charge is 0.324 e. The van der Waals surface area contributed by atoms with Crippen molar-refractivity contribution in [1.82, 2.24) is 0 Å². The van der Waals surface area contributed by atoms with Crippen LogP contribution in [0, 0.1) is 13.8 Å². The van der Waals surface area contributed by atoms with Gasteiger partial charge >= 0.3 is 0 Å². The second kappa shape index (κ2) is 21.7. The monoisotopic (exact) mass is 1020 g/mol. The third kappa shape index (κ3) is 12.1. The van der Waals surface area contributed by atoms with Crippen LogP contribution < -0.4 is 21.3 Å². The van der Waals surface area contributed by atoms with E-state index in [0.717, 1.165) is 13.8 Å². The fraction of sp³-hybridized carbons (Fsp3) is 0.143. The SMILES string of the molecule is CC(=O)C(N=Nc1cccc(C(=O)Nc2cc(Cl)c(Cl)c(Cl)c2)c1Cl)C(=O)Nc1cc(C)c(NC(=O)C(N=Nc2cccc(C(=O)Nc3cc(Cl)c(Cl)c(Cl)c3)c2Cl)C(C)=O)c(C)c1. The van der Waals surface area contributed by atoms with Gasteiger partial charge in [-0.1, -0.05) is 105 Å². The average Bonchev–Trinajstić information content (AvgIpc) is 3.21. The molecular weight excluding hydrogens is 996 g/mol. The Bertz CT molecular complexity index is 2750. The predicted molar refractivity (Wildman–Crippen MR) is 253 cm³/mol. The van der Waals surface area contributed by atoms with Crippen molar-refractivity contribution >= 4 is 162 Å². The molecule has 4 N–H and O–H groups in total. The Morgan fingerprint density at radius 3 is 1.17 bits per heavy atom. The molecule has 0 spiro atoms. The Balaban J connectivity index is 1.27. The van der Waals surface area contributed by atoms with E-state index >= 15 is 0 Å². The molecule has 0 heterocycles. The minimum Gasteiger partial charge on any atom is -0.324 e. The van der Waals surface area contributed by atoms with Gasteiger partial charge in [-0.25, -0.2) is 0 Å². The number of anilines is 4. The van der Waals surface area contributed by atoms with E-state index in [0.29, 0.717) is 16.8 Å². The number of rotatable bonds is 14. The van der Waals surface area contributed by atoms with E-state index in [9.17, 15) is 28.8 Å². The lowest BCUT2D eigenvalue weighted by molar-refractivity contribution is -0.127. The fourth-order valence-electron chi connectivity index (χ4n) is 5.71. The number of amides is 4. The first-order valence-electron chi connectivity index (χ1n) is 18.2. The van der Waals surface area contributed by atoms with Crippen LogP contribution in [0.4, 0.5) is 34.1 Å². The maximum Gasteiger partial charge on any atom is 0.258 e. The first-order valence-corrected chi connectivity index (χ1v) is 21.2. The van der Waals surface area contributed by atoms with E-state index in [1.807, 2.05) is 0 Å². The normalized spacial score (nSPS) is 12.2. The molecular formula is C42H30Cl8N8O6. The maximum atomic E-state index is 13.4.